The number of ether oxygens (including phenoxy) is 1. The highest BCUT2D eigenvalue weighted by Gasteiger charge is 2.58. The molecule has 3 heterocycles. The van der Waals surface area contributed by atoms with E-state index in [9.17, 15) is 19.2 Å². The third-order valence-corrected chi connectivity index (χ3v) is 5.75. The van der Waals surface area contributed by atoms with Gasteiger partial charge in [-0.1, -0.05) is 0 Å². The first-order chi connectivity index (χ1) is 14.6. The number of Topliss-reactive ketones (excluding diaryl/α,β-unsaturated/α-hetero) is 1. The van der Waals surface area contributed by atoms with E-state index in [4.69, 9.17) is 4.74 Å². The second-order valence-electron chi connectivity index (χ2n) is 7.94. The van der Waals surface area contributed by atoms with Gasteiger partial charge in [-0.25, -0.2) is 9.79 Å². The number of ketones is 1. The molecule has 3 aliphatic heterocycles. The zero-order chi connectivity index (χ0) is 22.9. The van der Waals surface area contributed by atoms with E-state index in [1.807, 2.05) is 0 Å². The Balaban J connectivity index is 1.77. The molecule has 4 amide bonds. The number of alkyl halides is 2. The van der Waals surface area contributed by atoms with Gasteiger partial charge in [0.05, 0.1) is 13.2 Å². The number of rotatable bonds is 7. The molecule has 0 spiro atoms. The highest BCUT2D eigenvalue weighted by Crippen LogP contribution is 2.33. The van der Waals surface area contributed by atoms with Gasteiger partial charge < -0.3 is 24.2 Å². The third-order valence-electron chi connectivity index (χ3n) is 5.75. The summed E-state index contributed by atoms with van der Waals surface area (Å²) < 4.78 is 35.3. The minimum absolute atomic E-state index is 0.00853. The second kappa shape index (κ2) is 8.85. The fourth-order valence-electron chi connectivity index (χ4n) is 3.98. The summed E-state index contributed by atoms with van der Waals surface area (Å²) in [6.45, 7) is 1.96. The van der Waals surface area contributed by atoms with E-state index in [1.54, 1.807) is 0 Å². The Morgan fingerprint density at radius 3 is 2.39 bits per heavy atom. The highest BCUT2D eigenvalue weighted by atomic mass is 19.3. The van der Waals surface area contributed by atoms with Gasteiger partial charge in [0.1, 0.15) is 5.78 Å². The molecule has 2 unspecified atom stereocenters. The predicted molar refractivity (Wildman–Crippen MR) is 105 cm³/mol. The zero-order valence-electron chi connectivity index (χ0n) is 17.8. The van der Waals surface area contributed by atoms with Crippen LogP contribution in [0.15, 0.2) is 4.99 Å². The molecule has 12 heteroatoms. The predicted octanol–water partition coefficient (Wildman–Crippen LogP) is 0.172. The number of halogens is 2. The first-order valence-electron chi connectivity index (χ1n) is 10.2. The Bertz CT molecular complexity index is 799. The van der Waals surface area contributed by atoms with Crippen LogP contribution in [-0.2, 0) is 19.1 Å². The topological polar surface area (TPSA) is 103 Å². The Hall–Kier alpha value is -2.63. The molecule has 0 aliphatic carbocycles. The molecule has 3 aliphatic rings. The highest BCUT2D eigenvalue weighted by molar-refractivity contribution is 6.13. The molecule has 3 rings (SSSR count). The molecular weight excluding hydrogens is 416 g/mol. The molecule has 0 bridgehead atoms. The summed E-state index contributed by atoms with van der Waals surface area (Å²) in [5.74, 6) is -6.81. The molecule has 0 aromatic rings. The third kappa shape index (κ3) is 4.25. The lowest BCUT2D eigenvalue weighted by Crippen LogP contribution is -2.65. The molecule has 0 radical (unpaired) electrons. The first-order valence-corrected chi connectivity index (χ1v) is 10.2. The van der Waals surface area contributed by atoms with Crippen LogP contribution in [0, 0.1) is 0 Å². The monoisotopic (exact) mass is 443 g/mol. The minimum Gasteiger partial charge on any atom is -0.378 e. The van der Waals surface area contributed by atoms with Crippen molar-refractivity contribution < 1.29 is 32.7 Å². The van der Waals surface area contributed by atoms with Crippen molar-refractivity contribution in [1.29, 1.82) is 0 Å². The van der Waals surface area contributed by atoms with Crippen molar-refractivity contribution in [3.8, 4) is 0 Å². The summed E-state index contributed by atoms with van der Waals surface area (Å²) in [6, 6.07) is -1.79. The minimum atomic E-state index is -3.94. The Labute approximate surface area is 178 Å². The van der Waals surface area contributed by atoms with Gasteiger partial charge in [-0.15, -0.1) is 0 Å². The Kier molecular flexibility index (Phi) is 6.58. The fourth-order valence-corrected chi connectivity index (χ4v) is 3.98. The van der Waals surface area contributed by atoms with E-state index in [-0.39, 0.29) is 38.6 Å². The molecule has 2 saturated heterocycles. The standard InChI is InChI=1S/C19H27F2N5O5/c1-12(27)6-4-5-7-26-15(28)13-14(24(3)18(26)30)22-16(23(13)2)19(20,21)17(29)25-8-10-31-11-9-25/h13-14H,4-11H2,1-3H3. The number of urea groups is 1. The van der Waals surface area contributed by atoms with E-state index < -0.39 is 41.8 Å². The summed E-state index contributed by atoms with van der Waals surface area (Å²) in [5, 5.41) is 0. The van der Waals surface area contributed by atoms with Crippen molar-refractivity contribution in [3.63, 3.8) is 0 Å². The average Bonchev–Trinajstić information content (AvgIpc) is 3.09. The van der Waals surface area contributed by atoms with Crippen molar-refractivity contribution >= 4 is 29.5 Å². The molecule has 0 aromatic carbocycles. The first kappa shape index (κ1) is 23.0. The Morgan fingerprint density at radius 2 is 1.77 bits per heavy atom. The number of likely N-dealkylation sites (N-methyl/N-ethyl adjacent to an activating group) is 2. The number of fused-ring (bicyclic) bond motifs is 1. The summed E-state index contributed by atoms with van der Waals surface area (Å²) in [5.41, 5.74) is 0. The number of imide groups is 1. The number of hydrogen-bond donors (Lipinski definition) is 0. The molecular formula is C19H27F2N5O5. The van der Waals surface area contributed by atoms with Crippen LogP contribution in [0.1, 0.15) is 26.2 Å². The van der Waals surface area contributed by atoms with Gasteiger partial charge in [0.2, 0.25) is 0 Å². The number of morpholine rings is 1. The molecule has 10 nitrogen and oxygen atoms in total. The van der Waals surface area contributed by atoms with Gasteiger partial charge in [0.25, 0.3) is 5.91 Å². The van der Waals surface area contributed by atoms with Crippen molar-refractivity contribution in [1.82, 2.24) is 19.6 Å². The molecule has 31 heavy (non-hydrogen) atoms. The number of amidine groups is 1. The molecule has 172 valence electrons. The van der Waals surface area contributed by atoms with E-state index in [0.717, 1.165) is 19.6 Å². The number of nitrogens with zero attached hydrogens (tertiary/aromatic N) is 5. The number of unbranched alkanes of at least 4 members (excludes halogenated alkanes) is 1. The lowest BCUT2D eigenvalue weighted by molar-refractivity contribution is -0.153. The van der Waals surface area contributed by atoms with Crippen LogP contribution in [0.5, 0.6) is 0 Å². The van der Waals surface area contributed by atoms with Gasteiger partial charge >= 0.3 is 17.9 Å². The molecule has 0 N–H and O–H groups in total. The number of hydrogen-bond acceptors (Lipinski definition) is 7. The number of aliphatic imine (C=N–C) groups is 1. The largest absolute Gasteiger partial charge is 0.380 e. The van der Waals surface area contributed by atoms with Crippen LogP contribution in [0.4, 0.5) is 13.6 Å². The average molecular weight is 443 g/mol. The van der Waals surface area contributed by atoms with Gasteiger partial charge in [0, 0.05) is 40.2 Å². The number of carbonyl (C=O) groups excluding carboxylic acids is 4. The Morgan fingerprint density at radius 1 is 1.13 bits per heavy atom. The fraction of sp³-hybridized carbons (Fsp3) is 0.737. The van der Waals surface area contributed by atoms with Crippen molar-refractivity contribution in [3.05, 3.63) is 0 Å². The van der Waals surface area contributed by atoms with Gasteiger partial charge in [-0.3, -0.25) is 14.5 Å². The molecule has 0 aromatic heterocycles. The van der Waals surface area contributed by atoms with E-state index >= 15 is 8.78 Å². The van der Waals surface area contributed by atoms with E-state index in [0.29, 0.717) is 19.3 Å². The van der Waals surface area contributed by atoms with Crippen LogP contribution < -0.4 is 0 Å². The van der Waals surface area contributed by atoms with Gasteiger partial charge in [0.15, 0.2) is 18.0 Å². The van der Waals surface area contributed by atoms with Crippen LogP contribution >= 0.6 is 0 Å². The molecule has 2 atom stereocenters. The summed E-state index contributed by atoms with van der Waals surface area (Å²) in [7, 11) is 2.66. The SMILES string of the molecule is CC(=O)CCCCN1C(=O)C2C(N=C(C(F)(F)C(=O)N3CCOCC3)N2C)N(C)C1=O. The van der Waals surface area contributed by atoms with E-state index in [1.165, 1.54) is 21.0 Å². The summed E-state index contributed by atoms with van der Waals surface area (Å²) in [4.78, 5) is 57.3. The maximum absolute atomic E-state index is 15.1. The van der Waals surface area contributed by atoms with Gasteiger partial charge in [-0.2, -0.15) is 8.78 Å². The zero-order valence-corrected chi connectivity index (χ0v) is 17.8. The molecule has 0 saturated carbocycles. The maximum Gasteiger partial charge on any atom is 0.380 e. The van der Waals surface area contributed by atoms with Crippen LogP contribution in [0.3, 0.4) is 0 Å². The number of amides is 4. The summed E-state index contributed by atoms with van der Waals surface area (Å²) >= 11 is 0. The molecule has 2 fully saturated rings. The van der Waals surface area contributed by atoms with E-state index in [2.05, 4.69) is 4.99 Å². The quantitative estimate of drug-likeness (QED) is 0.520. The van der Waals surface area contributed by atoms with Crippen LogP contribution in [0.25, 0.3) is 0 Å². The lowest BCUT2D eigenvalue weighted by atomic mass is 10.1. The summed E-state index contributed by atoms with van der Waals surface area (Å²) in [6.07, 6.45) is 0.123. The van der Waals surface area contributed by atoms with Crippen LogP contribution in [-0.4, -0.2) is 114 Å². The van der Waals surface area contributed by atoms with Crippen molar-refractivity contribution in [2.75, 3.05) is 46.9 Å². The second-order valence-corrected chi connectivity index (χ2v) is 7.94. The van der Waals surface area contributed by atoms with Crippen molar-refractivity contribution in [2.24, 2.45) is 4.99 Å². The van der Waals surface area contributed by atoms with Crippen LogP contribution in [0.2, 0.25) is 0 Å². The number of carbonyl (C=O) groups is 4. The maximum atomic E-state index is 15.1. The normalized spacial score (nSPS) is 24.5. The van der Waals surface area contributed by atoms with Crippen molar-refractivity contribution in [2.45, 2.75) is 44.3 Å². The smallest absolute Gasteiger partial charge is 0.378 e. The van der Waals surface area contributed by atoms with Gasteiger partial charge in [-0.05, 0) is 19.8 Å². The lowest BCUT2D eigenvalue weighted by Gasteiger charge is -2.40.